The molecule has 1 heterocycles. The summed E-state index contributed by atoms with van der Waals surface area (Å²) in [5, 5.41) is 0. The van der Waals surface area contributed by atoms with Crippen molar-refractivity contribution in [3.8, 4) is 0 Å². The molecule has 0 radical (unpaired) electrons. The highest BCUT2D eigenvalue weighted by Gasteiger charge is 2.22. The average molecular weight is 400 g/mol. The first-order valence-corrected chi connectivity index (χ1v) is 10.7. The van der Waals surface area contributed by atoms with Gasteiger partial charge in [-0.15, -0.1) is 0 Å². The van der Waals surface area contributed by atoms with E-state index in [0.29, 0.717) is 19.6 Å². The molecule has 154 valence electrons. The minimum Gasteiger partial charge on any atom is -0.369 e. The van der Waals surface area contributed by atoms with Crippen LogP contribution in [-0.4, -0.2) is 48.4 Å². The molecule has 0 spiro atoms. The fraction of sp³-hybridized carbons (Fsp3) is 0.269. The van der Waals surface area contributed by atoms with Crippen molar-refractivity contribution in [2.75, 3.05) is 37.6 Å². The van der Waals surface area contributed by atoms with Crippen LogP contribution in [-0.2, 0) is 17.9 Å². The van der Waals surface area contributed by atoms with Crippen LogP contribution in [0.2, 0.25) is 0 Å². The van der Waals surface area contributed by atoms with Gasteiger partial charge in [-0.1, -0.05) is 78.9 Å². The molecule has 1 aliphatic rings. The van der Waals surface area contributed by atoms with Gasteiger partial charge in [0.25, 0.3) is 0 Å². The highest BCUT2D eigenvalue weighted by molar-refractivity contribution is 5.78. The topological polar surface area (TPSA) is 26.8 Å². The quantitative estimate of drug-likeness (QED) is 0.600. The minimum absolute atomic E-state index is 0.191. The molecule has 3 aromatic rings. The SMILES string of the molecule is O=C(CN1CCN(c2ccccc2)CC1)N(Cc1ccccc1)Cc1ccccc1. The number of anilines is 1. The van der Waals surface area contributed by atoms with E-state index in [1.807, 2.05) is 47.4 Å². The number of carbonyl (C=O) groups excluding carboxylic acids is 1. The predicted octanol–water partition coefficient (Wildman–Crippen LogP) is 4.04. The monoisotopic (exact) mass is 399 g/mol. The molecule has 4 nitrogen and oxygen atoms in total. The van der Waals surface area contributed by atoms with Crippen molar-refractivity contribution in [2.24, 2.45) is 0 Å². The average Bonchev–Trinajstić information content (AvgIpc) is 2.81. The summed E-state index contributed by atoms with van der Waals surface area (Å²) in [4.78, 5) is 19.9. The van der Waals surface area contributed by atoms with Crippen molar-refractivity contribution in [1.29, 1.82) is 0 Å². The van der Waals surface area contributed by atoms with E-state index in [9.17, 15) is 4.79 Å². The molecule has 0 atom stereocenters. The second-order valence-corrected chi connectivity index (χ2v) is 7.82. The molecule has 1 fully saturated rings. The Hall–Kier alpha value is -3.11. The summed E-state index contributed by atoms with van der Waals surface area (Å²) in [7, 11) is 0. The smallest absolute Gasteiger partial charge is 0.237 e. The van der Waals surface area contributed by atoms with E-state index in [1.54, 1.807) is 0 Å². The summed E-state index contributed by atoms with van der Waals surface area (Å²) in [6, 6.07) is 31.0. The van der Waals surface area contributed by atoms with Gasteiger partial charge in [0.05, 0.1) is 6.54 Å². The van der Waals surface area contributed by atoms with Gasteiger partial charge >= 0.3 is 0 Å². The summed E-state index contributed by atoms with van der Waals surface area (Å²) in [6.45, 7) is 5.47. The zero-order valence-electron chi connectivity index (χ0n) is 17.4. The number of amides is 1. The maximum absolute atomic E-state index is 13.2. The molecule has 0 aromatic heterocycles. The number of carbonyl (C=O) groups is 1. The van der Waals surface area contributed by atoms with Crippen LogP contribution in [0.5, 0.6) is 0 Å². The first-order valence-electron chi connectivity index (χ1n) is 10.7. The van der Waals surface area contributed by atoms with Crippen LogP contribution >= 0.6 is 0 Å². The Balaban J connectivity index is 1.38. The molecule has 1 saturated heterocycles. The lowest BCUT2D eigenvalue weighted by molar-refractivity contribution is -0.133. The van der Waals surface area contributed by atoms with Gasteiger partial charge in [-0.25, -0.2) is 0 Å². The molecule has 30 heavy (non-hydrogen) atoms. The van der Waals surface area contributed by atoms with Crippen molar-refractivity contribution >= 4 is 11.6 Å². The van der Waals surface area contributed by atoms with Crippen molar-refractivity contribution < 1.29 is 4.79 Å². The molecule has 4 heteroatoms. The van der Waals surface area contributed by atoms with Gasteiger partial charge in [0, 0.05) is 45.0 Å². The Bertz CT molecular complexity index is 865. The number of hydrogen-bond donors (Lipinski definition) is 0. The number of piperazine rings is 1. The largest absolute Gasteiger partial charge is 0.369 e. The third kappa shape index (κ3) is 5.49. The van der Waals surface area contributed by atoms with Gasteiger partial charge in [-0.05, 0) is 23.3 Å². The van der Waals surface area contributed by atoms with Crippen molar-refractivity contribution in [3.63, 3.8) is 0 Å². The standard InChI is InChI=1S/C26H29N3O/c30-26(22-27-16-18-28(19-17-27)25-14-8-3-9-15-25)29(20-23-10-4-1-5-11-23)21-24-12-6-2-7-13-24/h1-15H,16-22H2. The van der Waals surface area contributed by atoms with E-state index < -0.39 is 0 Å². The van der Waals surface area contributed by atoms with E-state index in [4.69, 9.17) is 0 Å². The predicted molar refractivity (Wildman–Crippen MR) is 122 cm³/mol. The molecule has 3 aromatic carbocycles. The number of para-hydroxylation sites is 1. The van der Waals surface area contributed by atoms with Gasteiger partial charge in [0.2, 0.25) is 5.91 Å². The number of hydrogen-bond acceptors (Lipinski definition) is 3. The second kappa shape index (κ2) is 10.1. The molecule has 1 aliphatic heterocycles. The van der Waals surface area contributed by atoms with Crippen LogP contribution in [0.4, 0.5) is 5.69 Å². The molecule has 1 amide bonds. The highest BCUT2D eigenvalue weighted by atomic mass is 16.2. The fourth-order valence-corrected chi connectivity index (χ4v) is 3.93. The Morgan fingerprint density at radius 2 is 1.13 bits per heavy atom. The van der Waals surface area contributed by atoms with E-state index in [-0.39, 0.29) is 5.91 Å². The number of nitrogens with zero attached hydrogens (tertiary/aromatic N) is 3. The van der Waals surface area contributed by atoms with Crippen LogP contribution in [0, 0.1) is 0 Å². The third-order valence-electron chi connectivity index (χ3n) is 5.64. The van der Waals surface area contributed by atoms with Crippen LogP contribution in [0.15, 0.2) is 91.0 Å². The van der Waals surface area contributed by atoms with E-state index in [2.05, 4.69) is 58.3 Å². The van der Waals surface area contributed by atoms with Crippen LogP contribution in [0.3, 0.4) is 0 Å². The van der Waals surface area contributed by atoms with Crippen LogP contribution < -0.4 is 4.90 Å². The maximum atomic E-state index is 13.2. The van der Waals surface area contributed by atoms with Crippen LogP contribution in [0.1, 0.15) is 11.1 Å². The molecular weight excluding hydrogens is 370 g/mol. The van der Waals surface area contributed by atoms with Gasteiger partial charge in [0.15, 0.2) is 0 Å². The first-order chi connectivity index (χ1) is 14.8. The van der Waals surface area contributed by atoms with E-state index >= 15 is 0 Å². The first kappa shape index (κ1) is 20.2. The third-order valence-corrected chi connectivity index (χ3v) is 5.64. The maximum Gasteiger partial charge on any atom is 0.237 e. The molecule has 0 bridgehead atoms. The normalized spacial score (nSPS) is 14.5. The lowest BCUT2D eigenvalue weighted by Gasteiger charge is -2.36. The highest BCUT2D eigenvalue weighted by Crippen LogP contribution is 2.16. The lowest BCUT2D eigenvalue weighted by Crippen LogP contribution is -2.50. The summed E-state index contributed by atoms with van der Waals surface area (Å²) in [6.07, 6.45) is 0. The van der Waals surface area contributed by atoms with Gasteiger partial charge in [0.1, 0.15) is 0 Å². The Morgan fingerprint density at radius 1 is 0.667 bits per heavy atom. The molecule has 0 aliphatic carbocycles. The fourth-order valence-electron chi connectivity index (χ4n) is 3.93. The molecular formula is C26H29N3O. The molecule has 0 unspecified atom stereocenters. The zero-order chi connectivity index (χ0) is 20.6. The number of benzene rings is 3. The van der Waals surface area contributed by atoms with Gasteiger partial charge in [-0.3, -0.25) is 9.69 Å². The Morgan fingerprint density at radius 3 is 1.63 bits per heavy atom. The van der Waals surface area contributed by atoms with Crippen molar-refractivity contribution in [1.82, 2.24) is 9.80 Å². The Labute approximate surface area is 179 Å². The van der Waals surface area contributed by atoms with E-state index in [0.717, 1.165) is 37.3 Å². The number of rotatable bonds is 7. The second-order valence-electron chi connectivity index (χ2n) is 7.82. The summed E-state index contributed by atoms with van der Waals surface area (Å²) >= 11 is 0. The molecule has 0 N–H and O–H groups in total. The molecule has 4 rings (SSSR count). The minimum atomic E-state index is 0.191. The summed E-state index contributed by atoms with van der Waals surface area (Å²) < 4.78 is 0. The summed E-state index contributed by atoms with van der Waals surface area (Å²) in [5.41, 5.74) is 3.59. The van der Waals surface area contributed by atoms with Crippen molar-refractivity contribution in [3.05, 3.63) is 102 Å². The van der Waals surface area contributed by atoms with Gasteiger partial charge in [-0.2, -0.15) is 0 Å². The molecule has 0 saturated carbocycles. The lowest BCUT2D eigenvalue weighted by atomic mass is 10.1. The van der Waals surface area contributed by atoms with E-state index in [1.165, 1.54) is 5.69 Å². The summed E-state index contributed by atoms with van der Waals surface area (Å²) in [5.74, 6) is 0.191. The van der Waals surface area contributed by atoms with Gasteiger partial charge < -0.3 is 9.80 Å². The zero-order valence-corrected chi connectivity index (χ0v) is 17.4. The Kier molecular flexibility index (Phi) is 6.78. The van der Waals surface area contributed by atoms with Crippen molar-refractivity contribution in [2.45, 2.75) is 13.1 Å². The van der Waals surface area contributed by atoms with Crippen LogP contribution in [0.25, 0.3) is 0 Å².